The van der Waals surface area contributed by atoms with Crippen LogP contribution in [0.2, 0.25) is 0 Å². The molecule has 1 heterocycles. The minimum atomic E-state index is 0.699. The zero-order chi connectivity index (χ0) is 7.23. The molecular formula is C8H8N2. The lowest BCUT2D eigenvalue weighted by Gasteiger charge is -1.88. The van der Waals surface area contributed by atoms with Crippen LogP contribution in [0, 0.1) is 11.8 Å². The molecule has 2 heteroatoms. The molecule has 0 saturated heterocycles. The Bertz CT molecular complexity index is 243. The fraction of sp³-hybridized carbons (Fsp3) is 0.250. The summed E-state index contributed by atoms with van der Waals surface area (Å²) < 4.78 is 0. The van der Waals surface area contributed by atoms with Gasteiger partial charge in [-0.15, -0.1) is 5.92 Å². The van der Waals surface area contributed by atoms with Crippen LogP contribution in [0.3, 0.4) is 0 Å². The van der Waals surface area contributed by atoms with E-state index in [1.807, 2.05) is 6.92 Å². The average molecular weight is 132 g/mol. The van der Waals surface area contributed by atoms with Gasteiger partial charge in [0.15, 0.2) is 0 Å². The van der Waals surface area contributed by atoms with Crippen LogP contribution < -0.4 is 0 Å². The van der Waals surface area contributed by atoms with E-state index >= 15 is 0 Å². The minimum Gasteiger partial charge on any atom is -0.261 e. The van der Waals surface area contributed by atoms with Crippen molar-refractivity contribution in [3.05, 3.63) is 24.3 Å². The van der Waals surface area contributed by atoms with Gasteiger partial charge in [0.2, 0.25) is 0 Å². The Morgan fingerprint density at radius 3 is 3.00 bits per heavy atom. The molecule has 1 rings (SSSR count). The van der Waals surface area contributed by atoms with Gasteiger partial charge in [0.1, 0.15) is 0 Å². The highest BCUT2D eigenvalue weighted by Gasteiger charge is 1.86. The number of rotatable bonds is 1. The fourth-order valence-corrected chi connectivity index (χ4v) is 0.600. The second-order valence-electron chi connectivity index (χ2n) is 1.80. The third-order valence-electron chi connectivity index (χ3n) is 1.06. The maximum absolute atomic E-state index is 4.05. The summed E-state index contributed by atoms with van der Waals surface area (Å²) in [6.07, 6.45) is 5.75. The predicted molar refractivity (Wildman–Crippen MR) is 39.2 cm³/mol. The van der Waals surface area contributed by atoms with E-state index in [0.29, 0.717) is 6.42 Å². The Hall–Kier alpha value is -1.36. The Balaban J connectivity index is 2.64. The van der Waals surface area contributed by atoms with Gasteiger partial charge in [-0.25, -0.2) is 0 Å². The molecule has 0 radical (unpaired) electrons. The van der Waals surface area contributed by atoms with Crippen molar-refractivity contribution in [1.82, 2.24) is 9.97 Å². The highest BCUT2D eigenvalue weighted by molar-refractivity contribution is 5.08. The lowest BCUT2D eigenvalue weighted by Crippen LogP contribution is -1.86. The molecule has 50 valence electrons. The lowest BCUT2D eigenvalue weighted by atomic mass is 10.3. The molecule has 0 fully saturated rings. The van der Waals surface area contributed by atoms with Crippen LogP contribution in [0.15, 0.2) is 18.6 Å². The Labute approximate surface area is 60.3 Å². The first kappa shape index (κ1) is 6.76. The van der Waals surface area contributed by atoms with Crippen LogP contribution in [-0.2, 0) is 6.42 Å². The molecule has 0 unspecified atom stereocenters. The van der Waals surface area contributed by atoms with Gasteiger partial charge in [0, 0.05) is 18.6 Å². The molecule has 0 aliphatic heterocycles. The highest BCUT2D eigenvalue weighted by Crippen LogP contribution is 1.88. The van der Waals surface area contributed by atoms with E-state index in [1.54, 1.807) is 18.6 Å². The molecule has 2 nitrogen and oxygen atoms in total. The van der Waals surface area contributed by atoms with E-state index < -0.39 is 0 Å². The van der Waals surface area contributed by atoms with Gasteiger partial charge in [0.05, 0.1) is 12.1 Å². The summed E-state index contributed by atoms with van der Waals surface area (Å²) in [4.78, 5) is 7.96. The van der Waals surface area contributed by atoms with Crippen molar-refractivity contribution in [2.75, 3.05) is 0 Å². The normalized spacial score (nSPS) is 8.10. The molecule has 0 aromatic carbocycles. The van der Waals surface area contributed by atoms with Crippen LogP contribution in [0.5, 0.6) is 0 Å². The van der Waals surface area contributed by atoms with Gasteiger partial charge in [-0.05, 0) is 6.92 Å². The first-order valence-electron chi connectivity index (χ1n) is 3.08. The second kappa shape index (κ2) is 3.62. The zero-order valence-electron chi connectivity index (χ0n) is 5.83. The largest absolute Gasteiger partial charge is 0.261 e. The van der Waals surface area contributed by atoms with E-state index in [4.69, 9.17) is 0 Å². The SMILES string of the molecule is CC#CCc1cnccn1. The molecule has 0 N–H and O–H groups in total. The molecule has 0 saturated carbocycles. The molecule has 0 aliphatic carbocycles. The summed E-state index contributed by atoms with van der Waals surface area (Å²) in [5, 5.41) is 0. The van der Waals surface area contributed by atoms with E-state index in [1.165, 1.54) is 0 Å². The van der Waals surface area contributed by atoms with Crippen LogP contribution in [0.1, 0.15) is 12.6 Å². The van der Waals surface area contributed by atoms with Crippen molar-refractivity contribution in [3.63, 3.8) is 0 Å². The van der Waals surface area contributed by atoms with E-state index in [2.05, 4.69) is 21.8 Å². The van der Waals surface area contributed by atoms with E-state index in [-0.39, 0.29) is 0 Å². The van der Waals surface area contributed by atoms with Crippen molar-refractivity contribution >= 4 is 0 Å². The summed E-state index contributed by atoms with van der Waals surface area (Å²) in [7, 11) is 0. The zero-order valence-corrected chi connectivity index (χ0v) is 5.83. The van der Waals surface area contributed by atoms with E-state index in [9.17, 15) is 0 Å². The van der Waals surface area contributed by atoms with Crippen LogP contribution in [0.25, 0.3) is 0 Å². The molecular weight excluding hydrogens is 124 g/mol. The summed E-state index contributed by atoms with van der Waals surface area (Å²) >= 11 is 0. The smallest absolute Gasteiger partial charge is 0.0705 e. The molecule has 1 aromatic heterocycles. The third kappa shape index (κ3) is 1.87. The van der Waals surface area contributed by atoms with E-state index in [0.717, 1.165) is 5.69 Å². The van der Waals surface area contributed by atoms with Gasteiger partial charge < -0.3 is 0 Å². The van der Waals surface area contributed by atoms with Gasteiger partial charge in [0.25, 0.3) is 0 Å². The van der Waals surface area contributed by atoms with Crippen LogP contribution in [-0.4, -0.2) is 9.97 Å². The van der Waals surface area contributed by atoms with Gasteiger partial charge >= 0.3 is 0 Å². The number of hydrogen-bond acceptors (Lipinski definition) is 2. The fourth-order valence-electron chi connectivity index (χ4n) is 0.600. The molecule has 0 aliphatic rings. The lowest BCUT2D eigenvalue weighted by molar-refractivity contribution is 1.07. The molecule has 0 bridgehead atoms. The minimum absolute atomic E-state index is 0.699. The Morgan fingerprint density at radius 1 is 1.50 bits per heavy atom. The molecule has 1 aromatic rings. The Kier molecular flexibility index (Phi) is 2.45. The molecule has 10 heavy (non-hydrogen) atoms. The third-order valence-corrected chi connectivity index (χ3v) is 1.06. The first-order chi connectivity index (χ1) is 4.93. The van der Waals surface area contributed by atoms with Gasteiger partial charge in [-0.2, -0.15) is 0 Å². The van der Waals surface area contributed by atoms with Gasteiger partial charge in [-0.3, -0.25) is 9.97 Å². The molecule has 0 atom stereocenters. The number of aromatic nitrogens is 2. The molecule has 0 amide bonds. The quantitative estimate of drug-likeness (QED) is 0.533. The predicted octanol–water partition coefficient (Wildman–Crippen LogP) is 1.04. The maximum Gasteiger partial charge on any atom is 0.0705 e. The monoisotopic (exact) mass is 132 g/mol. The van der Waals surface area contributed by atoms with Crippen molar-refractivity contribution in [2.24, 2.45) is 0 Å². The summed E-state index contributed by atoms with van der Waals surface area (Å²) in [6, 6.07) is 0. The van der Waals surface area contributed by atoms with Gasteiger partial charge in [-0.1, -0.05) is 5.92 Å². The van der Waals surface area contributed by atoms with Crippen molar-refractivity contribution in [1.29, 1.82) is 0 Å². The highest BCUT2D eigenvalue weighted by atomic mass is 14.8. The average Bonchev–Trinajstić information content (AvgIpc) is 2.03. The van der Waals surface area contributed by atoms with Crippen molar-refractivity contribution < 1.29 is 0 Å². The second-order valence-corrected chi connectivity index (χ2v) is 1.80. The topological polar surface area (TPSA) is 25.8 Å². The summed E-state index contributed by atoms with van der Waals surface area (Å²) in [6.45, 7) is 1.82. The van der Waals surface area contributed by atoms with Crippen LogP contribution >= 0.6 is 0 Å². The summed E-state index contributed by atoms with van der Waals surface area (Å²) in [5.41, 5.74) is 0.928. The van der Waals surface area contributed by atoms with Crippen molar-refractivity contribution in [2.45, 2.75) is 13.3 Å². The van der Waals surface area contributed by atoms with Crippen molar-refractivity contribution in [3.8, 4) is 11.8 Å². The first-order valence-corrected chi connectivity index (χ1v) is 3.08. The standard InChI is InChI=1S/C8H8N2/c1-2-3-4-8-7-9-5-6-10-8/h5-7H,4H2,1H3. The maximum atomic E-state index is 4.05. The summed E-state index contributed by atoms with van der Waals surface area (Å²) in [5.74, 6) is 5.71. The number of nitrogens with zero attached hydrogens (tertiary/aromatic N) is 2. The molecule has 0 spiro atoms. The Morgan fingerprint density at radius 2 is 2.40 bits per heavy atom. The van der Waals surface area contributed by atoms with Crippen LogP contribution in [0.4, 0.5) is 0 Å². The number of hydrogen-bond donors (Lipinski definition) is 0.